The first-order valence-electron chi connectivity index (χ1n) is 6.92. The zero-order chi connectivity index (χ0) is 14.8. The number of pyridine rings is 1. The summed E-state index contributed by atoms with van der Waals surface area (Å²) >= 11 is 0. The van der Waals surface area contributed by atoms with E-state index >= 15 is 0 Å². The molecule has 2 amide bonds. The first kappa shape index (κ1) is 15.9. The standard InChI is InChI=1S/C14H22N4O2/c1-3-8-16-13(19)7-9-17-14(20)11-5-6-12(15-4-2)18-10-11/h5-6,10H,3-4,7-9H2,1-2H3,(H,15,18)(H,16,19)(H,17,20). The summed E-state index contributed by atoms with van der Waals surface area (Å²) < 4.78 is 0. The van der Waals surface area contributed by atoms with Crippen molar-refractivity contribution in [3.63, 3.8) is 0 Å². The van der Waals surface area contributed by atoms with Crippen molar-refractivity contribution in [2.45, 2.75) is 26.7 Å². The third-order valence-electron chi connectivity index (χ3n) is 2.59. The largest absolute Gasteiger partial charge is 0.370 e. The summed E-state index contributed by atoms with van der Waals surface area (Å²) in [5.74, 6) is 0.472. The maximum atomic E-state index is 11.8. The topological polar surface area (TPSA) is 83.1 Å². The van der Waals surface area contributed by atoms with Gasteiger partial charge in [-0.1, -0.05) is 6.92 Å². The number of rotatable bonds is 8. The molecule has 0 aliphatic heterocycles. The molecular formula is C14H22N4O2. The van der Waals surface area contributed by atoms with Crippen LogP contribution in [0.5, 0.6) is 0 Å². The van der Waals surface area contributed by atoms with E-state index in [0.29, 0.717) is 18.7 Å². The maximum absolute atomic E-state index is 11.8. The molecule has 0 aliphatic rings. The Labute approximate surface area is 119 Å². The number of hydrogen-bond donors (Lipinski definition) is 3. The molecule has 0 radical (unpaired) electrons. The molecule has 3 N–H and O–H groups in total. The van der Waals surface area contributed by atoms with Crippen molar-refractivity contribution < 1.29 is 9.59 Å². The molecule has 0 saturated carbocycles. The van der Waals surface area contributed by atoms with Gasteiger partial charge in [0.05, 0.1) is 5.56 Å². The maximum Gasteiger partial charge on any atom is 0.252 e. The number of carbonyl (C=O) groups excluding carboxylic acids is 2. The number of hydrogen-bond acceptors (Lipinski definition) is 4. The molecule has 0 atom stereocenters. The van der Waals surface area contributed by atoms with Gasteiger partial charge in [0.15, 0.2) is 0 Å². The monoisotopic (exact) mass is 278 g/mol. The second kappa shape index (κ2) is 8.90. The van der Waals surface area contributed by atoms with E-state index in [0.717, 1.165) is 18.8 Å². The lowest BCUT2D eigenvalue weighted by atomic mass is 10.2. The number of carbonyl (C=O) groups is 2. The molecule has 0 fully saturated rings. The summed E-state index contributed by atoms with van der Waals surface area (Å²) in [6, 6.07) is 3.46. The van der Waals surface area contributed by atoms with E-state index in [2.05, 4.69) is 20.9 Å². The molecule has 0 aromatic carbocycles. The number of nitrogens with one attached hydrogen (secondary N) is 3. The van der Waals surface area contributed by atoms with Crippen molar-refractivity contribution in [3.05, 3.63) is 23.9 Å². The van der Waals surface area contributed by atoms with E-state index < -0.39 is 0 Å². The highest BCUT2D eigenvalue weighted by Crippen LogP contribution is 2.04. The number of anilines is 1. The van der Waals surface area contributed by atoms with Crippen molar-refractivity contribution in [1.82, 2.24) is 15.6 Å². The Morgan fingerprint density at radius 2 is 1.95 bits per heavy atom. The van der Waals surface area contributed by atoms with Crippen molar-refractivity contribution in [2.75, 3.05) is 25.0 Å². The Kier molecular flexibility index (Phi) is 7.10. The molecule has 6 heteroatoms. The number of nitrogens with zero attached hydrogens (tertiary/aromatic N) is 1. The van der Waals surface area contributed by atoms with E-state index in [9.17, 15) is 9.59 Å². The van der Waals surface area contributed by atoms with E-state index in [1.165, 1.54) is 6.20 Å². The predicted molar refractivity (Wildman–Crippen MR) is 78.7 cm³/mol. The average Bonchev–Trinajstić information content (AvgIpc) is 2.46. The lowest BCUT2D eigenvalue weighted by Gasteiger charge is -2.07. The van der Waals surface area contributed by atoms with Gasteiger partial charge in [0.1, 0.15) is 5.82 Å². The quantitative estimate of drug-likeness (QED) is 0.666. The Bertz CT molecular complexity index is 431. The summed E-state index contributed by atoms with van der Waals surface area (Å²) in [5.41, 5.74) is 0.487. The molecule has 20 heavy (non-hydrogen) atoms. The van der Waals surface area contributed by atoms with Crippen LogP contribution in [0.2, 0.25) is 0 Å². The third kappa shape index (κ3) is 5.69. The Morgan fingerprint density at radius 3 is 2.55 bits per heavy atom. The predicted octanol–water partition coefficient (Wildman–Crippen LogP) is 1.16. The Balaban J connectivity index is 2.33. The summed E-state index contributed by atoms with van der Waals surface area (Å²) in [4.78, 5) is 27.3. The van der Waals surface area contributed by atoms with Crippen LogP contribution in [0.4, 0.5) is 5.82 Å². The second-order valence-corrected chi connectivity index (χ2v) is 4.32. The van der Waals surface area contributed by atoms with Gasteiger partial charge in [-0.2, -0.15) is 0 Å². The van der Waals surface area contributed by atoms with E-state index in [4.69, 9.17) is 0 Å². The van der Waals surface area contributed by atoms with Crippen LogP contribution in [-0.2, 0) is 4.79 Å². The average molecular weight is 278 g/mol. The van der Waals surface area contributed by atoms with Gasteiger partial charge in [-0.15, -0.1) is 0 Å². The second-order valence-electron chi connectivity index (χ2n) is 4.32. The highest BCUT2D eigenvalue weighted by molar-refractivity contribution is 5.94. The highest BCUT2D eigenvalue weighted by Gasteiger charge is 2.06. The molecule has 0 spiro atoms. The SMILES string of the molecule is CCCNC(=O)CCNC(=O)c1ccc(NCC)nc1. The Hall–Kier alpha value is -2.11. The molecule has 1 rings (SSSR count). The van der Waals surface area contributed by atoms with Gasteiger partial charge in [0.25, 0.3) is 5.91 Å². The summed E-state index contributed by atoms with van der Waals surface area (Å²) in [5, 5.41) is 8.51. The van der Waals surface area contributed by atoms with Gasteiger partial charge < -0.3 is 16.0 Å². The third-order valence-corrected chi connectivity index (χ3v) is 2.59. The summed E-state index contributed by atoms with van der Waals surface area (Å²) in [6.07, 6.45) is 2.71. The van der Waals surface area contributed by atoms with Gasteiger partial charge in [-0.05, 0) is 25.5 Å². The van der Waals surface area contributed by atoms with Crippen LogP contribution in [0, 0.1) is 0 Å². The molecule has 110 valence electrons. The van der Waals surface area contributed by atoms with Crippen LogP contribution in [0.1, 0.15) is 37.0 Å². The van der Waals surface area contributed by atoms with Gasteiger partial charge in [-0.25, -0.2) is 4.98 Å². The normalized spacial score (nSPS) is 9.90. The fourth-order valence-corrected chi connectivity index (χ4v) is 1.56. The first-order chi connectivity index (χ1) is 9.67. The highest BCUT2D eigenvalue weighted by atomic mass is 16.2. The molecule has 1 heterocycles. The fraction of sp³-hybridized carbons (Fsp3) is 0.500. The smallest absolute Gasteiger partial charge is 0.252 e. The van der Waals surface area contributed by atoms with Crippen molar-refractivity contribution in [2.24, 2.45) is 0 Å². The van der Waals surface area contributed by atoms with Crippen molar-refractivity contribution in [1.29, 1.82) is 0 Å². The molecule has 0 unspecified atom stereocenters. The molecule has 1 aromatic rings. The molecular weight excluding hydrogens is 256 g/mol. The molecule has 0 bridgehead atoms. The van der Waals surface area contributed by atoms with Crippen molar-refractivity contribution in [3.8, 4) is 0 Å². The minimum absolute atomic E-state index is 0.0484. The molecule has 6 nitrogen and oxygen atoms in total. The van der Waals surface area contributed by atoms with Crippen LogP contribution in [0.3, 0.4) is 0 Å². The van der Waals surface area contributed by atoms with Gasteiger partial charge >= 0.3 is 0 Å². The minimum Gasteiger partial charge on any atom is -0.370 e. The summed E-state index contributed by atoms with van der Waals surface area (Å²) in [6.45, 7) is 5.75. The van der Waals surface area contributed by atoms with Crippen LogP contribution < -0.4 is 16.0 Å². The number of amides is 2. The Morgan fingerprint density at radius 1 is 1.15 bits per heavy atom. The van der Waals surface area contributed by atoms with Gasteiger partial charge in [0, 0.05) is 32.3 Å². The zero-order valence-electron chi connectivity index (χ0n) is 12.0. The molecule has 0 saturated heterocycles. The fourth-order valence-electron chi connectivity index (χ4n) is 1.56. The van der Waals surface area contributed by atoms with Crippen LogP contribution in [0.15, 0.2) is 18.3 Å². The van der Waals surface area contributed by atoms with E-state index in [-0.39, 0.29) is 18.2 Å². The number of aromatic nitrogens is 1. The lowest BCUT2D eigenvalue weighted by molar-refractivity contribution is -0.120. The van der Waals surface area contributed by atoms with Crippen LogP contribution >= 0.6 is 0 Å². The van der Waals surface area contributed by atoms with Gasteiger partial charge in [0.2, 0.25) is 5.91 Å². The van der Waals surface area contributed by atoms with E-state index in [1.807, 2.05) is 13.8 Å². The van der Waals surface area contributed by atoms with Gasteiger partial charge in [-0.3, -0.25) is 9.59 Å². The first-order valence-corrected chi connectivity index (χ1v) is 6.92. The molecule has 1 aromatic heterocycles. The van der Waals surface area contributed by atoms with Crippen LogP contribution in [-0.4, -0.2) is 36.4 Å². The van der Waals surface area contributed by atoms with Crippen molar-refractivity contribution >= 4 is 17.6 Å². The summed E-state index contributed by atoms with van der Waals surface area (Å²) in [7, 11) is 0. The van der Waals surface area contributed by atoms with E-state index in [1.54, 1.807) is 12.1 Å². The van der Waals surface area contributed by atoms with Crippen LogP contribution in [0.25, 0.3) is 0 Å². The molecule has 0 aliphatic carbocycles. The zero-order valence-corrected chi connectivity index (χ0v) is 12.0. The lowest BCUT2D eigenvalue weighted by Crippen LogP contribution is -2.31. The minimum atomic E-state index is -0.219.